The number of halogens is 1. The predicted octanol–water partition coefficient (Wildman–Crippen LogP) is 3.70. The summed E-state index contributed by atoms with van der Waals surface area (Å²) in [5.74, 6) is 0.359. The smallest absolute Gasteiger partial charge is 0.410 e. The van der Waals surface area contributed by atoms with Crippen molar-refractivity contribution in [3.05, 3.63) is 45.0 Å². The fourth-order valence-corrected chi connectivity index (χ4v) is 4.94. The molecule has 0 bridgehead atoms. The van der Waals surface area contributed by atoms with Crippen LogP contribution < -0.4 is 22.3 Å². The second-order valence-corrected chi connectivity index (χ2v) is 11.0. The lowest BCUT2D eigenvalue weighted by Gasteiger charge is -2.34. The first-order valence-corrected chi connectivity index (χ1v) is 13.0. The van der Waals surface area contributed by atoms with Crippen LogP contribution in [0.3, 0.4) is 0 Å². The molecule has 1 aliphatic rings. The highest BCUT2D eigenvalue weighted by molar-refractivity contribution is 6.35. The highest BCUT2D eigenvalue weighted by Crippen LogP contribution is 2.27. The van der Waals surface area contributed by atoms with Crippen LogP contribution in [0.15, 0.2) is 23.0 Å². The second kappa shape index (κ2) is 10.9. The lowest BCUT2D eigenvalue weighted by atomic mass is 9.98. The molecule has 12 nitrogen and oxygen atoms in total. The summed E-state index contributed by atoms with van der Waals surface area (Å²) in [7, 11) is 0. The zero-order chi connectivity index (χ0) is 28.5. The largest absolute Gasteiger partial charge is 0.444 e. The Bertz CT molecular complexity index is 1510. The monoisotopic (exact) mass is 553 g/mol. The van der Waals surface area contributed by atoms with Crippen LogP contribution in [0.2, 0.25) is 5.02 Å². The molecule has 5 N–H and O–H groups in total. The Labute approximate surface area is 230 Å². The third-order valence-electron chi connectivity index (χ3n) is 6.38. The minimum atomic E-state index is -0.607. The van der Waals surface area contributed by atoms with Crippen molar-refractivity contribution in [3.63, 3.8) is 0 Å². The Morgan fingerprint density at radius 3 is 2.74 bits per heavy atom. The summed E-state index contributed by atoms with van der Waals surface area (Å²) in [6.45, 7) is 8.58. The van der Waals surface area contributed by atoms with Crippen molar-refractivity contribution >= 4 is 46.2 Å². The number of carbonyl (C=O) groups excluding carboxylic acids is 1. The van der Waals surface area contributed by atoms with E-state index in [0.717, 1.165) is 12.8 Å². The first-order chi connectivity index (χ1) is 18.4. The van der Waals surface area contributed by atoms with E-state index in [9.17, 15) is 14.9 Å². The molecule has 0 saturated carbocycles. The first-order valence-electron chi connectivity index (χ1n) is 12.6. The maximum atomic E-state index is 13.8. The van der Waals surface area contributed by atoms with Gasteiger partial charge in [-0.25, -0.2) is 9.78 Å². The van der Waals surface area contributed by atoms with Gasteiger partial charge in [0.2, 0.25) is 5.95 Å². The third-order valence-corrected chi connectivity index (χ3v) is 6.70. The number of carbonyl (C=O) groups is 1. The van der Waals surface area contributed by atoms with Gasteiger partial charge in [0, 0.05) is 19.6 Å². The van der Waals surface area contributed by atoms with E-state index < -0.39 is 11.6 Å². The van der Waals surface area contributed by atoms with Crippen molar-refractivity contribution in [1.82, 2.24) is 24.4 Å². The van der Waals surface area contributed by atoms with Crippen molar-refractivity contribution in [2.75, 3.05) is 29.9 Å². The molecule has 1 aromatic carbocycles. The lowest BCUT2D eigenvalue weighted by Crippen LogP contribution is -2.44. The molecule has 0 radical (unpaired) electrons. The van der Waals surface area contributed by atoms with E-state index in [-0.39, 0.29) is 40.7 Å². The van der Waals surface area contributed by atoms with Gasteiger partial charge >= 0.3 is 6.09 Å². The van der Waals surface area contributed by atoms with Gasteiger partial charge in [-0.3, -0.25) is 9.36 Å². The minimum absolute atomic E-state index is 0.0309. The van der Waals surface area contributed by atoms with Gasteiger partial charge in [0.25, 0.3) is 5.56 Å². The molecule has 39 heavy (non-hydrogen) atoms. The molecule has 3 heterocycles. The van der Waals surface area contributed by atoms with E-state index in [1.54, 1.807) is 34.6 Å². The van der Waals surface area contributed by atoms with Crippen LogP contribution in [0, 0.1) is 17.2 Å². The van der Waals surface area contributed by atoms with E-state index in [0.29, 0.717) is 41.4 Å². The quantitative estimate of drug-likeness (QED) is 0.421. The number of fused-ring (bicyclic) bond motifs is 1. The van der Waals surface area contributed by atoms with E-state index >= 15 is 0 Å². The number of ether oxygens (including phenoxy) is 1. The second-order valence-electron chi connectivity index (χ2n) is 10.6. The minimum Gasteiger partial charge on any atom is -0.444 e. The molecule has 2 atom stereocenters. The third kappa shape index (κ3) is 6.15. The number of amides is 1. The summed E-state index contributed by atoms with van der Waals surface area (Å²) in [6, 6.07) is 6.48. The molecule has 0 aliphatic carbocycles. The molecule has 3 aromatic rings. The fraction of sp³-hybridized carbons (Fsp3) is 0.462. The average molecular weight is 554 g/mol. The van der Waals surface area contributed by atoms with Crippen molar-refractivity contribution in [2.45, 2.75) is 58.7 Å². The van der Waals surface area contributed by atoms with E-state index in [2.05, 4.69) is 15.3 Å². The highest BCUT2D eigenvalue weighted by atomic mass is 35.5. The number of benzene rings is 1. The number of nitrogens with one attached hydrogen (secondary N) is 1. The van der Waals surface area contributed by atoms with Crippen LogP contribution in [0.5, 0.6) is 0 Å². The van der Waals surface area contributed by atoms with E-state index in [4.69, 9.17) is 32.8 Å². The summed E-state index contributed by atoms with van der Waals surface area (Å²) in [4.78, 5) is 41.0. The number of anilines is 3. The summed E-state index contributed by atoms with van der Waals surface area (Å²) in [5, 5.41) is 13.3. The zero-order valence-electron chi connectivity index (χ0n) is 22.4. The van der Waals surface area contributed by atoms with Crippen LogP contribution in [0.1, 0.15) is 58.0 Å². The number of piperidine rings is 1. The lowest BCUT2D eigenvalue weighted by molar-refractivity contribution is 0.0156. The maximum Gasteiger partial charge on any atom is 0.410 e. The summed E-state index contributed by atoms with van der Waals surface area (Å²) in [6.07, 6.45) is 1.21. The molecule has 2 aromatic heterocycles. The average Bonchev–Trinajstić information content (AvgIpc) is 2.84. The SMILES string of the molecule is C[C@H](Nc1nc(N)nc(N)c1C#N)c1nc2cccc(Cl)c2c(=O)n1CC1CCCN(C(=O)OC(C)(C)C)C1. The van der Waals surface area contributed by atoms with Gasteiger partial charge in [0.1, 0.15) is 28.9 Å². The van der Waals surface area contributed by atoms with E-state index in [1.807, 2.05) is 26.8 Å². The summed E-state index contributed by atoms with van der Waals surface area (Å²) < 4.78 is 7.14. The molecule has 13 heteroatoms. The molecule has 4 rings (SSSR count). The van der Waals surface area contributed by atoms with Gasteiger partial charge in [-0.05, 0) is 58.6 Å². The van der Waals surface area contributed by atoms with Crippen molar-refractivity contribution < 1.29 is 9.53 Å². The normalized spacial score (nSPS) is 16.5. The van der Waals surface area contributed by atoms with Gasteiger partial charge in [0.05, 0.1) is 22.0 Å². The Morgan fingerprint density at radius 2 is 2.05 bits per heavy atom. The molecular weight excluding hydrogens is 522 g/mol. The number of hydrogen-bond acceptors (Lipinski definition) is 10. The number of aromatic nitrogens is 4. The Balaban J connectivity index is 1.72. The standard InChI is InChI=1S/C26H32ClN9O3/c1-14(31-21-16(11-28)20(29)33-24(30)34-21)22-32-18-9-5-8-17(27)19(18)23(37)36(22)13-15-7-6-10-35(12-15)25(38)39-26(2,3)4/h5,8-9,14-15H,6-7,10,12-13H2,1-4H3,(H5,29,30,31,33,34)/t14-,15?/m0/s1. The zero-order valence-corrected chi connectivity index (χ0v) is 23.1. The number of nitriles is 1. The molecule has 0 spiro atoms. The van der Waals surface area contributed by atoms with Gasteiger partial charge in [0.15, 0.2) is 5.82 Å². The highest BCUT2D eigenvalue weighted by Gasteiger charge is 2.29. The van der Waals surface area contributed by atoms with Gasteiger partial charge < -0.3 is 26.4 Å². The number of rotatable bonds is 5. The number of hydrogen-bond donors (Lipinski definition) is 3. The molecule has 1 amide bonds. The topological polar surface area (TPSA) is 178 Å². The molecule has 206 valence electrons. The Kier molecular flexibility index (Phi) is 7.83. The van der Waals surface area contributed by atoms with Crippen LogP contribution in [0.25, 0.3) is 10.9 Å². The fourth-order valence-electron chi connectivity index (χ4n) is 4.69. The molecule has 1 unspecified atom stereocenters. The van der Waals surface area contributed by atoms with Gasteiger partial charge in [-0.15, -0.1) is 0 Å². The van der Waals surface area contributed by atoms with Crippen molar-refractivity contribution in [2.24, 2.45) is 5.92 Å². The van der Waals surface area contributed by atoms with Crippen LogP contribution in [-0.2, 0) is 11.3 Å². The molecule has 1 aliphatic heterocycles. The Hall–Kier alpha value is -4.11. The van der Waals surface area contributed by atoms with Crippen LogP contribution in [0.4, 0.5) is 22.4 Å². The predicted molar refractivity (Wildman–Crippen MR) is 149 cm³/mol. The molecular formula is C26H32ClN9O3. The van der Waals surface area contributed by atoms with E-state index in [1.165, 1.54) is 0 Å². The number of nitrogens with zero attached hydrogens (tertiary/aromatic N) is 6. The van der Waals surface area contributed by atoms with Gasteiger partial charge in [-0.1, -0.05) is 17.7 Å². The number of nitrogen functional groups attached to an aromatic ring is 2. The van der Waals surface area contributed by atoms with Gasteiger partial charge in [-0.2, -0.15) is 15.2 Å². The van der Waals surface area contributed by atoms with Crippen molar-refractivity contribution in [3.8, 4) is 6.07 Å². The summed E-state index contributed by atoms with van der Waals surface area (Å²) in [5.41, 5.74) is 11.2. The van der Waals surface area contributed by atoms with Crippen LogP contribution >= 0.6 is 11.6 Å². The number of nitrogens with two attached hydrogens (primary N) is 2. The van der Waals surface area contributed by atoms with Crippen molar-refractivity contribution in [1.29, 1.82) is 5.26 Å². The first kappa shape index (κ1) is 27.9. The summed E-state index contributed by atoms with van der Waals surface area (Å²) >= 11 is 6.42. The van der Waals surface area contributed by atoms with Crippen LogP contribution in [-0.4, -0.2) is 49.2 Å². The molecule has 1 saturated heterocycles. The Morgan fingerprint density at radius 1 is 1.31 bits per heavy atom. The maximum absolute atomic E-state index is 13.8. The molecule has 1 fully saturated rings. The number of likely N-dealkylation sites (tertiary alicyclic amines) is 1.